The molecular weight excluding hydrogens is 607 g/mol. The third-order valence-electron chi connectivity index (χ3n) is 10.3. The normalized spacial score (nSPS) is 12.1. The zero-order chi connectivity index (χ0) is 33.8. The summed E-state index contributed by atoms with van der Waals surface area (Å²) >= 11 is 0. The van der Waals surface area contributed by atoms with E-state index in [9.17, 15) is 0 Å². The molecule has 0 spiro atoms. The molecule has 0 saturated heterocycles. The van der Waals surface area contributed by atoms with Gasteiger partial charge in [0.25, 0.3) is 0 Å². The predicted molar refractivity (Wildman–Crippen MR) is 212 cm³/mol. The summed E-state index contributed by atoms with van der Waals surface area (Å²) < 4.78 is 4.74. The van der Waals surface area contributed by atoms with Crippen LogP contribution < -0.4 is 0 Å². The van der Waals surface area contributed by atoms with Crippen LogP contribution in [0.2, 0.25) is 0 Å². The molecule has 0 aliphatic rings. The van der Waals surface area contributed by atoms with E-state index >= 15 is 0 Å². The van der Waals surface area contributed by atoms with Gasteiger partial charge in [0.1, 0.15) is 6.67 Å². The van der Waals surface area contributed by atoms with E-state index in [-0.39, 0.29) is 0 Å². The molecule has 240 valence electrons. The van der Waals surface area contributed by atoms with Crippen molar-refractivity contribution in [2.45, 2.75) is 27.4 Å². The number of aryl methyl sites for hydroxylation is 3. The SMILES string of the molecule is Cc1ccccc1C(=NCn1c2ccccc2c2cc(-c3ccc4c(c3)c3ccccc3n4-c3ccccc3)ccc21)c1c(C)cccc1C. The van der Waals surface area contributed by atoms with Gasteiger partial charge in [0.2, 0.25) is 0 Å². The highest BCUT2D eigenvalue weighted by Crippen LogP contribution is 2.37. The molecule has 7 aromatic carbocycles. The number of hydrogen-bond acceptors (Lipinski definition) is 1. The largest absolute Gasteiger partial charge is 0.320 e. The van der Waals surface area contributed by atoms with Crippen LogP contribution in [-0.2, 0) is 6.67 Å². The van der Waals surface area contributed by atoms with Crippen molar-refractivity contribution < 1.29 is 0 Å². The third kappa shape index (κ3) is 4.85. The summed E-state index contributed by atoms with van der Waals surface area (Å²) in [5.74, 6) is 0. The van der Waals surface area contributed by atoms with Gasteiger partial charge in [-0.25, -0.2) is 0 Å². The molecule has 50 heavy (non-hydrogen) atoms. The molecule has 0 bridgehead atoms. The highest BCUT2D eigenvalue weighted by Gasteiger charge is 2.17. The monoisotopic (exact) mass is 643 g/mol. The number of aromatic nitrogens is 2. The molecule has 2 aromatic heterocycles. The van der Waals surface area contributed by atoms with Gasteiger partial charge in [0.15, 0.2) is 0 Å². The van der Waals surface area contributed by atoms with Gasteiger partial charge in [0, 0.05) is 38.4 Å². The lowest BCUT2D eigenvalue weighted by Gasteiger charge is -2.16. The van der Waals surface area contributed by atoms with Crippen LogP contribution in [0.5, 0.6) is 0 Å². The highest BCUT2D eigenvalue weighted by atomic mass is 15.1. The number of nitrogens with zero attached hydrogens (tertiary/aromatic N) is 3. The van der Waals surface area contributed by atoms with E-state index in [2.05, 4.69) is 188 Å². The number of rotatable bonds is 6. The van der Waals surface area contributed by atoms with Crippen molar-refractivity contribution in [2.75, 3.05) is 0 Å². The van der Waals surface area contributed by atoms with Gasteiger partial charge < -0.3 is 9.13 Å². The summed E-state index contributed by atoms with van der Waals surface area (Å²) in [6.45, 7) is 7.08. The quantitative estimate of drug-likeness (QED) is 0.161. The maximum atomic E-state index is 5.44. The number of benzene rings is 7. The van der Waals surface area contributed by atoms with Crippen molar-refractivity contribution in [3.63, 3.8) is 0 Å². The van der Waals surface area contributed by atoms with E-state index in [4.69, 9.17) is 4.99 Å². The first-order valence-corrected chi connectivity index (χ1v) is 17.3. The summed E-state index contributed by atoms with van der Waals surface area (Å²) in [5.41, 5.74) is 15.5. The first-order valence-electron chi connectivity index (χ1n) is 17.3. The molecule has 0 aliphatic heterocycles. The van der Waals surface area contributed by atoms with Crippen LogP contribution in [0.1, 0.15) is 27.8 Å². The predicted octanol–water partition coefficient (Wildman–Crippen LogP) is 12.0. The van der Waals surface area contributed by atoms with Crippen molar-refractivity contribution in [2.24, 2.45) is 4.99 Å². The molecule has 0 radical (unpaired) electrons. The minimum absolute atomic E-state index is 0.520. The van der Waals surface area contributed by atoms with Crippen molar-refractivity contribution >= 4 is 49.3 Å². The van der Waals surface area contributed by atoms with Gasteiger partial charge in [-0.1, -0.05) is 109 Å². The van der Waals surface area contributed by atoms with E-state index in [1.54, 1.807) is 0 Å². The number of aliphatic imine (C=N–C) groups is 1. The second-order valence-corrected chi connectivity index (χ2v) is 13.3. The molecule has 0 atom stereocenters. The van der Waals surface area contributed by atoms with Gasteiger partial charge in [-0.15, -0.1) is 0 Å². The molecular formula is C47H37N3. The van der Waals surface area contributed by atoms with Crippen LogP contribution in [0, 0.1) is 20.8 Å². The maximum Gasteiger partial charge on any atom is 0.115 e. The molecule has 0 fully saturated rings. The van der Waals surface area contributed by atoms with Crippen molar-refractivity contribution in [1.82, 2.24) is 9.13 Å². The third-order valence-corrected chi connectivity index (χ3v) is 10.3. The van der Waals surface area contributed by atoms with Gasteiger partial charge in [-0.2, -0.15) is 0 Å². The number of hydrogen-bond donors (Lipinski definition) is 0. The van der Waals surface area contributed by atoms with Crippen LogP contribution in [0.15, 0.2) is 163 Å². The summed E-state index contributed by atoms with van der Waals surface area (Å²) in [5, 5.41) is 5.00. The fourth-order valence-electron chi connectivity index (χ4n) is 7.86. The molecule has 0 N–H and O–H groups in total. The summed E-state index contributed by atoms with van der Waals surface area (Å²) in [6, 6.07) is 57.0. The second-order valence-electron chi connectivity index (χ2n) is 13.3. The van der Waals surface area contributed by atoms with Gasteiger partial charge in [0.05, 0.1) is 27.8 Å². The zero-order valence-electron chi connectivity index (χ0n) is 28.6. The standard InChI is InChI=1S/C47H37N3/c1-31-14-7-8-19-37(31)47(46-32(2)15-13-16-33(46)3)48-30-49-42-22-11-9-20-38(42)40-28-34(24-26-43(40)49)35-25-27-45-41(29-35)39-21-10-12-23-44(39)50(45)36-17-5-4-6-18-36/h4-29H,30H2,1-3H3. The Morgan fingerprint density at radius 2 is 0.980 bits per heavy atom. The Morgan fingerprint density at radius 1 is 0.460 bits per heavy atom. The minimum atomic E-state index is 0.520. The fraction of sp³-hybridized carbons (Fsp3) is 0.0851. The van der Waals surface area contributed by atoms with Crippen LogP contribution in [0.4, 0.5) is 0 Å². The fourth-order valence-corrected chi connectivity index (χ4v) is 7.86. The maximum absolute atomic E-state index is 5.44. The van der Waals surface area contributed by atoms with Crippen LogP contribution in [0.25, 0.3) is 60.4 Å². The molecule has 3 heteroatoms. The smallest absolute Gasteiger partial charge is 0.115 e. The van der Waals surface area contributed by atoms with E-state index < -0.39 is 0 Å². The number of fused-ring (bicyclic) bond motifs is 6. The van der Waals surface area contributed by atoms with E-state index in [1.807, 2.05) is 0 Å². The Kier molecular flexibility index (Phi) is 7.21. The van der Waals surface area contributed by atoms with Crippen molar-refractivity contribution in [1.29, 1.82) is 0 Å². The van der Waals surface area contributed by atoms with E-state index in [0.29, 0.717) is 6.67 Å². The average molecular weight is 644 g/mol. The van der Waals surface area contributed by atoms with Crippen LogP contribution >= 0.6 is 0 Å². The first kappa shape index (κ1) is 29.9. The lowest BCUT2D eigenvalue weighted by atomic mass is 9.92. The molecule has 0 unspecified atom stereocenters. The Balaban J connectivity index is 1.19. The molecule has 2 heterocycles. The van der Waals surface area contributed by atoms with Gasteiger partial charge in [-0.3, -0.25) is 4.99 Å². The first-order chi connectivity index (χ1) is 24.6. The summed E-state index contributed by atoms with van der Waals surface area (Å²) in [6.07, 6.45) is 0. The van der Waals surface area contributed by atoms with Crippen molar-refractivity contribution in [3.05, 3.63) is 186 Å². The topological polar surface area (TPSA) is 22.2 Å². The minimum Gasteiger partial charge on any atom is -0.320 e. The molecule has 9 aromatic rings. The van der Waals surface area contributed by atoms with Gasteiger partial charge in [-0.05, 0) is 97.1 Å². The van der Waals surface area contributed by atoms with E-state index in [0.717, 1.165) is 5.71 Å². The zero-order valence-corrected chi connectivity index (χ0v) is 28.6. The van der Waals surface area contributed by atoms with Gasteiger partial charge >= 0.3 is 0 Å². The lowest BCUT2D eigenvalue weighted by molar-refractivity contribution is 0.792. The molecule has 3 nitrogen and oxygen atoms in total. The van der Waals surface area contributed by atoms with Crippen LogP contribution in [-0.4, -0.2) is 14.8 Å². The average Bonchev–Trinajstić information content (AvgIpc) is 3.65. The highest BCUT2D eigenvalue weighted by molar-refractivity contribution is 6.16. The summed E-state index contributed by atoms with van der Waals surface area (Å²) in [4.78, 5) is 5.44. The Bertz CT molecular complexity index is 2740. The van der Waals surface area contributed by atoms with E-state index in [1.165, 1.54) is 88.2 Å². The Morgan fingerprint density at radius 3 is 1.70 bits per heavy atom. The lowest BCUT2D eigenvalue weighted by Crippen LogP contribution is -2.11. The van der Waals surface area contributed by atoms with Crippen LogP contribution in [0.3, 0.4) is 0 Å². The molecule has 0 saturated carbocycles. The Hall–Kier alpha value is -6.19. The molecule has 0 aliphatic carbocycles. The number of para-hydroxylation sites is 3. The summed E-state index contributed by atoms with van der Waals surface area (Å²) in [7, 11) is 0. The second kappa shape index (κ2) is 12.0. The molecule has 9 rings (SSSR count). The molecule has 0 amide bonds. The Labute approximate surface area is 292 Å². The van der Waals surface area contributed by atoms with Crippen molar-refractivity contribution in [3.8, 4) is 16.8 Å².